The van der Waals surface area contributed by atoms with Gasteiger partial charge in [0.1, 0.15) is 10.6 Å². The summed E-state index contributed by atoms with van der Waals surface area (Å²) < 4.78 is 26.2. The van der Waals surface area contributed by atoms with E-state index in [1.807, 2.05) is 0 Å². The summed E-state index contributed by atoms with van der Waals surface area (Å²) in [5.74, 6) is -0.0106. The normalized spacial score (nSPS) is 11.3. The number of phenols is 1. The molecule has 2 rings (SSSR count). The fraction of sp³-hybridized carbons (Fsp3) is 0.167. The molecular formula is C12H12ClN3O3S. The van der Waals surface area contributed by atoms with Crippen molar-refractivity contribution >= 4 is 27.3 Å². The van der Waals surface area contributed by atoms with E-state index in [0.29, 0.717) is 5.69 Å². The highest BCUT2D eigenvalue weighted by molar-refractivity contribution is 7.92. The molecule has 2 aromatic rings. The summed E-state index contributed by atoms with van der Waals surface area (Å²) in [5.41, 5.74) is 0.363. The van der Waals surface area contributed by atoms with E-state index < -0.39 is 10.0 Å². The van der Waals surface area contributed by atoms with E-state index in [0.717, 1.165) is 16.7 Å². The minimum Gasteiger partial charge on any atom is -0.508 e. The van der Waals surface area contributed by atoms with E-state index in [2.05, 4.69) is 9.97 Å². The molecule has 20 heavy (non-hydrogen) atoms. The van der Waals surface area contributed by atoms with Crippen LogP contribution in [-0.2, 0) is 10.0 Å². The average molecular weight is 314 g/mol. The molecule has 0 aliphatic rings. The molecule has 1 aromatic heterocycles. The van der Waals surface area contributed by atoms with Gasteiger partial charge >= 0.3 is 0 Å². The molecule has 0 bridgehead atoms. The number of halogens is 1. The first-order chi connectivity index (χ1) is 9.45. The number of hydrogen-bond donors (Lipinski definition) is 1. The summed E-state index contributed by atoms with van der Waals surface area (Å²) in [6.45, 7) is 1.90. The van der Waals surface area contributed by atoms with Gasteiger partial charge < -0.3 is 5.11 Å². The molecule has 1 heterocycles. The van der Waals surface area contributed by atoms with Crippen LogP contribution in [0.15, 0.2) is 41.6 Å². The van der Waals surface area contributed by atoms with E-state index in [4.69, 9.17) is 11.6 Å². The van der Waals surface area contributed by atoms with Crippen LogP contribution < -0.4 is 4.31 Å². The van der Waals surface area contributed by atoms with Crippen LogP contribution in [0.2, 0.25) is 5.28 Å². The van der Waals surface area contributed by atoms with Crippen molar-refractivity contribution in [3.63, 3.8) is 0 Å². The Hall–Kier alpha value is -1.86. The molecule has 0 saturated carbocycles. The number of nitrogens with zero attached hydrogens (tertiary/aromatic N) is 3. The van der Waals surface area contributed by atoms with Gasteiger partial charge in [-0.3, -0.25) is 4.31 Å². The highest BCUT2D eigenvalue weighted by atomic mass is 35.5. The lowest BCUT2D eigenvalue weighted by Gasteiger charge is -2.22. The van der Waals surface area contributed by atoms with Crippen LogP contribution in [0.3, 0.4) is 0 Å². The minimum atomic E-state index is -3.80. The third-order valence-electron chi connectivity index (χ3n) is 2.59. The zero-order valence-corrected chi connectivity index (χ0v) is 12.1. The Balaban J connectivity index is 2.47. The molecule has 1 N–H and O–H groups in total. The van der Waals surface area contributed by atoms with Crippen LogP contribution in [0.25, 0.3) is 0 Å². The van der Waals surface area contributed by atoms with E-state index >= 15 is 0 Å². The van der Waals surface area contributed by atoms with Gasteiger partial charge in [0.15, 0.2) is 0 Å². The zero-order valence-electron chi connectivity index (χ0n) is 10.6. The zero-order chi connectivity index (χ0) is 14.8. The largest absolute Gasteiger partial charge is 0.508 e. The molecular weight excluding hydrogens is 302 g/mol. The van der Waals surface area contributed by atoms with Gasteiger partial charge in [0, 0.05) is 12.6 Å². The van der Waals surface area contributed by atoms with Crippen molar-refractivity contribution in [2.75, 3.05) is 10.8 Å². The fourth-order valence-electron chi connectivity index (χ4n) is 1.70. The van der Waals surface area contributed by atoms with Gasteiger partial charge in [0.05, 0.1) is 18.1 Å². The van der Waals surface area contributed by atoms with Gasteiger partial charge in [-0.2, -0.15) is 0 Å². The summed E-state index contributed by atoms with van der Waals surface area (Å²) in [7, 11) is -3.80. The van der Waals surface area contributed by atoms with E-state index in [9.17, 15) is 13.5 Å². The quantitative estimate of drug-likeness (QED) is 0.873. The number of sulfonamides is 1. The molecule has 0 radical (unpaired) electrons. The summed E-state index contributed by atoms with van der Waals surface area (Å²) in [6, 6.07) is 6.01. The Kier molecular flexibility index (Phi) is 4.10. The van der Waals surface area contributed by atoms with Gasteiger partial charge in [-0.1, -0.05) is 6.07 Å². The van der Waals surface area contributed by atoms with Gasteiger partial charge in [-0.25, -0.2) is 18.4 Å². The maximum Gasteiger partial charge on any atom is 0.267 e. The first-order valence-electron chi connectivity index (χ1n) is 5.74. The molecule has 8 heteroatoms. The standard InChI is InChI=1S/C12H12ClN3O3S/c1-2-16(9-4-3-5-10(17)6-9)20(18,19)11-7-14-12(13)15-8-11/h3-8,17H,2H2,1H3. The third kappa shape index (κ3) is 2.83. The maximum absolute atomic E-state index is 12.5. The predicted octanol–water partition coefficient (Wildman–Crippen LogP) is 2.05. The average Bonchev–Trinajstić information content (AvgIpc) is 2.40. The highest BCUT2D eigenvalue weighted by Gasteiger charge is 2.24. The smallest absolute Gasteiger partial charge is 0.267 e. The molecule has 106 valence electrons. The van der Waals surface area contributed by atoms with Crippen LogP contribution in [0.5, 0.6) is 5.75 Å². The van der Waals surface area contributed by atoms with Crippen molar-refractivity contribution < 1.29 is 13.5 Å². The Morgan fingerprint density at radius 1 is 1.30 bits per heavy atom. The molecule has 0 unspecified atom stereocenters. The first-order valence-corrected chi connectivity index (χ1v) is 7.56. The number of aromatic hydroxyl groups is 1. The van der Waals surface area contributed by atoms with E-state index in [1.54, 1.807) is 19.1 Å². The van der Waals surface area contributed by atoms with Crippen LogP contribution in [0, 0.1) is 0 Å². The van der Waals surface area contributed by atoms with Crippen LogP contribution in [0.4, 0.5) is 5.69 Å². The van der Waals surface area contributed by atoms with E-state index in [1.165, 1.54) is 12.1 Å². The SMILES string of the molecule is CCN(c1cccc(O)c1)S(=O)(=O)c1cnc(Cl)nc1. The van der Waals surface area contributed by atoms with Gasteiger partial charge in [0.25, 0.3) is 10.0 Å². The molecule has 0 fully saturated rings. The number of rotatable bonds is 4. The Labute approximate surface area is 121 Å². The summed E-state index contributed by atoms with van der Waals surface area (Å²) in [4.78, 5) is 7.28. The number of phenolic OH excluding ortho intramolecular Hbond substituents is 1. The second-order valence-electron chi connectivity index (χ2n) is 3.88. The maximum atomic E-state index is 12.5. The molecule has 0 aliphatic heterocycles. The van der Waals surface area contributed by atoms with Crippen LogP contribution >= 0.6 is 11.6 Å². The molecule has 0 atom stereocenters. The molecule has 0 spiro atoms. The van der Waals surface area contributed by atoms with Gasteiger partial charge in [-0.15, -0.1) is 0 Å². The number of anilines is 1. The Morgan fingerprint density at radius 2 is 1.95 bits per heavy atom. The molecule has 0 amide bonds. The van der Waals surface area contributed by atoms with Crippen LogP contribution in [-0.4, -0.2) is 30.0 Å². The second-order valence-corrected chi connectivity index (χ2v) is 6.08. The number of hydrogen-bond acceptors (Lipinski definition) is 5. The lowest BCUT2D eigenvalue weighted by molar-refractivity contribution is 0.475. The predicted molar refractivity (Wildman–Crippen MR) is 75.4 cm³/mol. The van der Waals surface area contributed by atoms with Gasteiger partial charge in [-0.05, 0) is 30.7 Å². The summed E-state index contributed by atoms with van der Waals surface area (Å²) >= 11 is 5.55. The fourth-order valence-corrected chi connectivity index (χ4v) is 3.16. The van der Waals surface area contributed by atoms with Crippen molar-refractivity contribution in [1.29, 1.82) is 0 Å². The lowest BCUT2D eigenvalue weighted by Crippen LogP contribution is -2.30. The Bertz CT molecular complexity index is 704. The van der Waals surface area contributed by atoms with Crippen LogP contribution in [0.1, 0.15) is 6.92 Å². The van der Waals surface area contributed by atoms with Crippen molar-refractivity contribution in [1.82, 2.24) is 9.97 Å². The summed E-state index contributed by atoms with van der Waals surface area (Å²) in [6.07, 6.45) is 2.30. The Morgan fingerprint density at radius 3 is 2.50 bits per heavy atom. The molecule has 1 aromatic carbocycles. The topological polar surface area (TPSA) is 83.4 Å². The minimum absolute atomic E-state index is 0.0106. The third-order valence-corrected chi connectivity index (χ3v) is 4.64. The molecule has 6 nitrogen and oxygen atoms in total. The number of aromatic nitrogens is 2. The lowest BCUT2D eigenvalue weighted by atomic mass is 10.3. The van der Waals surface area contributed by atoms with Crippen molar-refractivity contribution in [2.24, 2.45) is 0 Å². The summed E-state index contributed by atoms with van der Waals surface area (Å²) in [5, 5.41) is 9.44. The molecule has 0 aliphatic carbocycles. The number of benzene rings is 1. The second kappa shape index (κ2) is 5.64. The molecule has 0 saturated heterocycles. The highest BCUT2D eigenvalue weighted by Crippen LogP contribution is 2.25. The van der Waals surface area contributed by atoms with E-state index in [-0.39, 0.29) is 22.5 Å². The first kappa shape index (κ1) is 14.5. The monoisotopic (exact) mass is 313 g/mol. The van der Waals surface area contributed by atoms with Crippen molar-refractivity contribution in [3.05, 3.63) is 41.9 Å². The van der Waals surface area contributed by atoms with Crippen molar-refractivity contribution in [3.8, 4) is 5.75 Å². The van der Waals surface area contributed by atoms with Gasteiger partial charge in [0.2, 0.25) is 5.28 Å². The van der Waals surface area contributed by atoms with Crippen molar-refractivity contribution in [2.45, 2.75) is 11.8 Å².